The fourth-order valence-electron chi connectivity index (χ4n) is 1.73. The number of aliphatic carboxylic acids is 1. The molecule has 0 amide bonds. The molecule has 1 aliphatic heterocycles. The molecule has 0 aromatic carbocycles. The van der Waals surface area contributed by atoms with Crippen LogP contribution < -0.4 is 5.32 Å². The van der Waals surface area contributed by atoms with E-state index < -0.39 is 5.97 Å². The van der Waals surface area contributed by atoms with E-state index in [1.807, 2.05) is 25.2 Å². The van der Waals surface area contributed by atoms with Gasteiger partial charge in [0.05, 0.1) is 6.54 Å². The highest BCUT2D eigenvalue weighted by atomic mass is 16.4. The van der Waals surface area contributed by atoms with Gasteiger partial charge in [-0.3, -0.25) is 4.99 Å². The van der Waals surface area contributed by atoms with Crippen molar-refractivity contribution in [2.24, 2.45) is 4.99 Å². The largest absolute Gasteiger partial charge is 0.477 e. The molecule has 0 atom stereocenters. The number of hydrogen-bond acceptors (Lipinski definition) is 4. The van der Waals surface area contributed by atoms with Gasteiger partial charge in [-0.25, -0.2) is 4.79 Å². The van der Waals surface area contributed by atoms with Crippen LogP contribution in [0.2, 0.25) is 0 Å². The predicted molar refractivity (Wildman–Crippen MR) is 82.9 cm³/mol. The van der Waals surface area contributed by atoms with Crippen molar-refractivity contribution in [1.82, 2.24) is 5.32 Å². The second-order valence-electron chi connectivity index (χ2n) is 4.72. The summed E-state index contributed by atoms with van der Waals surface area (Å²) in [6.45, 7) is 5.54. The molecule has 0 saturated carbocycles. The lowest BCUT2D eigenvalue weighted by atomic mass is 10.1. The van der Waals surface area contributed by atoms with E-state index in [1.54, 1.807) is 19.1 Å². The number of aliphatic imine (C=N–C) groups is 1. The highest BCUT2D eigenvalue weighted by Gasteiger charge is 2.05. The van der Waals surface area contributed by atoms with Gasteiger partial charge in [-0.05, 0) is 25.5 Å². The standard InChI is InChI=1S/C16H19N3O2/c1-12(9-14(11-17)16(20)21)5-3-4-6-13(2)10-15-18-7-8-19-15/h3-6,9H,7-8,10H2,1-2H3,(H,18,19)(H,20,21). The summed E-state index contributed by atoms with van der Waals surface area (Å²) in [7, 11) is 0. The lowest BCUT2D eigenvalue weighted by Gasteiger charge is -2.00. The third-order valence-electron chi connectivity index (χ3n) is 2.76. The molecule has 0 bridgehead atoms. The maximum atomic E-state index is 10.7. The van der Waals surface area contributed by atoms with Crippen LogP contribution in [-0.2, 0) is 4.79 Å². The smallest absolute Gasteiger partial charge is 0.346 e. The van der Waals surface area contributed by atoms with E-state index >= 15 is 0 Å². The number of amidine groups is 1. The fraction of sp³-hybridized carbons (Fsp3) is 0.312. The van der Waals surface area contributed by atoms with Gasteiger partial charge in [0.2, 0.25) is 0 Å². The minimum atomic E-state index is -1.21. The van der Waals surface area contributed by atoms with Crippen molar-refractivity contribution in [3.8, 4) is 6.07 Å². The SMILES string of the molecule is CC(=CC=CC=C(C)CC1=NCCN1)C=C(C#N)C(=O)O. The Kier molecular flexibility index (Phi) is 6.69. The Hall–Kier alpha value is -2.61. The third kappa shape index (κ3) is 6.39. The normalized spacial score (nSPS) is 16.6. The summed E-state index contributed by atoms with van der Waals surface area (Å²) in [4.78, 5) is 15.0. The van der Waals surface area contributed by atoms with Gasteiger partial charge in [0, 0.05) is 13.0 Å². The number of carboxylic acid groups (broad SMARTS) is 1. The van der Waals surface area contributed by atoms with Crippen LogP contribution in [0, 0.1) is 11.3 Å². The number of nitrogens with zero attached hydrogens (tertiary/aromatic N) is 2. The van der Waals surface area contributed by atoms with E-state index in [4.69, 9.17) is 10.4 Å². The van der Waals surface area contributed by atoms with Crippen molar-refractivity contribution in [2.75, 3.05) is 13.1 Å². The number of carbonyl (C=O) groups is 1. The molecular formula is C16H19N3O2. The molecule has 1 aliphatic rings. The molecule has 0 radical (unpaired) electrons. The maximum absolute atomic E-state index is 10.7. The van der Waals surface area contributed by atoms with Crippen LogP contribution >= 0.6 is 0 Å². The first-order valence-corrected chi connectivity index (χ1v) is 6.66. The molecular weight excluding hydrogens is 266 g/mol. The number of nitrogens with one attached hydrogen (secondary N) is 1. The Morgan fingerprint density at radius 3 is 2.71 bits per heavy atom. The van der Waals surface area contributed by atoms with E-state index in [1.165, 1.54) is 11.6 Å². The Morgan fingerprint density at radius 2 is 2.14 bits per heavy atom. The molecule has 1 heterocycles. The van der Waals surface area contributed by atoms with Crippen LogP contribution in [0.15, 0.2) is 52.1 Å². The average Bonchev–Trinajstić information content (AvgIpc) is 2.93. The van der Waals surface area contributed by atoms with Gasteiger partial charge >= 0.3 is 5.97 Å². The van der Waals surface area contributed by atoms with Crippen molar-refractivity contribution in [3.05, 3.63) is 47.1 Å². The third-order valence-corrected chi connectivity index (χ3v) is 2.76. The van der Waals surface area contributed by atoms with E-state index in [0.717, 1.165) is 25.3 Å². The molecule has 0 aromatic rings. The first-order valence-electron chi connectivity index (χ1n) is 6.66. The van der Waals surface area contributed by atoms with E-state index in [-0.39, 0.29) is 5.57 Å². The molecule has 0 spiro atoms. The average molecular weight is 285 g/mol. The summed E-state index contributed by atoms with van der Waals surface area (Å²) in [5.41, 5.74) is 1.62. The first kappa shape index (κ1) is 16.4. The zero-order chi connectivity index (χ0) is 15.7. The summed E-state index contributed by atoms with van der Waals surface area (Å²) in [6.07, 6.45) is 9.60. The lowest BCUT2D eigenvalue weighted by molar-refractivity contribution is -0.132. The second kappa shape index (κ2) is 8.54. The zero-order valence-corrected chi connectivity index (χ0v) is 12.3. The molecule has 21 heavy (non-hydrogen) atoms. The molecule has 0 aromatic heterocycles. The van der Waals surface area contributed by atoms with E-state index in [9.17, 15) is 4.79 Å². The van der Waals surface area contributed by atoms with Gasteiger partial charge in [-0.15, -0.1) is 0 Å². The van der Waals surface area contributed by atoms with Gasteiger partial charge in [-0.2, -0.15) is 5.26 Å². The quantitative estimate of drug-likeness (QED) is 0.445. The summed E-state index contributed by atoms with van der Waals surface area (Å²) in [5, 5.41) is 20.6. The number of nitriles is 1. The molecule has 110 valence electrons. The van der Waals surface area contributed by atoms with Crippen molar-refractivity contribution >= 4 is 11.8 Å². The van der Waals surface area contributed by atoms with Gasteiger partial charge in [0.15, 0.2) is 0 Å². The fourth-order valence-corrected chi connectivity index (χ4v) is 1.73. The summed E-state index contributed by atoms with van der Waals surface area (Å²) in [6, 6.07) is 1.65. The Morgan fingerprint density at radius 1 is 1.43 bits per heavy atom. The van der Waals surface area contributed by atoms with Crippen molar-refractivity contribution < 1.29 is 9.90 Å². The lowest BCUT2D eigenvalue weighted by Crippen LogP contribution is -2.18. The molecule has 1 rings (SSSR count). The molecule has 0 unspecified atom stereocenters. The number of hydrogen-bond donors (Lipinski definition) is 2. The molecule has 0 saturated heterocycles. The van der Waals surface area contributed by atoms with Crippen molar-refractivity contribution in [3.63, 3.8) is 0 Å². The number of allylic oxidation sites excluding steroid dienone is 6. The van der Waals surface area contributed by atoms with Crippen molar-refractivity contribution in [2.45, 2.75) is 20.3 Å². The summed E-state index contributed by atoms with van der Waals surface area (Å²) in [5.74, 6) is -0.193. The van der Waals surface area contributed by atoms with E-state index in [2.05, 4.69) is 10.3 Å². The monoisotopic (exact) mass is 285 g/mol. The van der Waals surface area contributed by atoms with Gasteiger partial charge in [-0.1, -0.05) is 29.9 Å². The molecule has 0 fully saturated rings. The zero-order valence-electron chi connectivity index (χ0n) is 12.3. The minimum Gasteiger partial charge on any atom is -0.477 e. The molecule has 2 N–H and O–H groups in total. The molecule has 5 nitrogen and oxygen atoms in total. The Bertz CT molecular complexity index is 587. The second-order valence-corrected chi connectivity index (χ2v) is 4.72. The molecule has 0 aliphatic carbocycles. The predicted octanol–water partition coefficient (Wildman–Crippen LogP) is 2.36. The Labute approximate surface area is 124 Å². The van der Waals surface area contributed by atoms with Gasteiger partial charge in [0.25, 0.3) is 0 Å². The minimum absolute atomic E-state index is 0.269. The molecule has 5 heteroatoms. The van der Waals surface area contributed by atoms with Crippen LogP contribution in [0.5, 0.6) is 0 Å². The van der Waals surface area contributed by atoms with Crippen molar-refractivity contribution in [1.29, 1.82) is 5.26 Å². The Balaban J connectivity index is 2.58. The number of carboxylic acids is 1. The highest BCUT2D eigenvalue weighted by molar-refractivity contribution is 5.91. The van der Waals surface area contributed by atoms with Crippen LogP contribution in [0.4, 0.5) is 0 Å². The summed E-state index contributed by atoms with van der Waals surface area (Å²) >= 11 is 0. The number of rotatable bonds is 6. The van der Waals surface area contributed by atoms with Gasteiger partial charge in [0.1, 0.15) is 17.5 Å². The highest BCUT2D eigenvalue weighted by Crippen LogP contribution is 2.05. The van der Waals surface area contributed by atoms with Crippen LogP contribution in [-0.4, -0.2) is 30.0 Å². The van der Waals surface area contributed by atoms with E-state index in [0.29, 0.717) is 5.57 Å². The maximum Gasteiger partial charge on any atom is 0.346 e. The first-order chi connectivity index (χ1) is 10.0. The topological polar surface area (TPSA) is 85.5 Å². The van der Waals surface area contributed by atoms with Crippen LogP contribution in [0.3, 0.4) is 0 Å². The van der Waals surface area contributed by atoms with Gasteiger partial charge < -0.3 is 10.4 Å². The van der Waals surface area contributed by atoms with Crippen LogP contribution in [0.25, 0.3) is 0 Å². The van der Waals surface area contributed by atoms with Crippen LogP contribution in [0.1, 0.15) is 20.3 Å². The summed E-state index contributed by atoms with van der Waals surface area (Å²) < 4.78 is 0.